The molecule has 7 heteroatoms. The van der Waals surface area contributed by atoms with Crippen molar-refractivity contribution < 1.29 is 4.79 Å². The molecule has 1 aliphatic carbocycles. The summed E-state index contributed by atoms with van der Waals surface area (Å²) in [6.45, 7) is 2.26. The number of aryl methyl sites for hydroxylation is 1. The summed E-state index contributed by atoms with van der Waals surface area (Å²) in [6, 6.07) is 0. The topological polar surface area (TPSA) is 96.7 Å². The second-order valence-corrected chi connectivity index (χ2v) is 5.63. The van der Waals surface area contributed by atoms with Crippen LogP contribution in [-0.2, 0) is 6.54 Å². The Labute approximate surface area is 114 Å². The van der Waals surface area contributed by atoms with E-state index in [-0.39, 0.29) is 5.91 Å². The Morgan fingerprint density at radius 2 is 2.42 bits per heavy atom. The van der Waals surface area contributed by atoms with Crippen molar-refractivity contribution in [3.05, 3.63) is 28.0 Å². The molecule has 2 aromatic rings. The third-order valence-corrected chi connectivity index (χ3v) is 3.89. The van der Waals surface area contributed by atoms with Crippen LogP contribution in [0.5, 0.6) is 0 Å². The standard InChI is InChI=1S/C12H15N5OS/c1-6-9(10(17-16-6)7-2-3-7)11(18)14-4-8-5-19-12(13)15-8/h5,7H,2-4H2,1H3,(H2,13,15)(H,14,18)(H,16,17). The van der Waals surface area contributed by atoms with E-state index in [9.17, 15) is 4.79 Å². The van der Waals surface area contributed by atoms with E-state index in [1.165, 1.54) is 11.3 Å². The van der Waals surface area contributed by atoms with Crippen molar-refractivity contribution in [3.63, 3.8) is 0 Å². The average Bonchev–Trinajstić information content (AvgIpc) is 3.03. The summed E-state index contributed by atoms with van der Waals surface area (Å²) in [4.78, 5) is 16.3. The maximum absolute atomic E-state index is 12.2. The normalized spacial score (nSPS) is 14.6. The highest BCUT2D eigenvalue weighted by molar-refractivity contribution is 7.13. The van der Waals surface area contributed by atoms with Gasteiger partial charge in [-0.05, 0) is 19.8 Å². The number of carbonyl (C=O) groups is 1. The van der Waals surface area contributed by atoms with Crippen molar-refractivity contribution in [3.8, 4) is 0 Å². The van der Waals surface area contributed by atoms with Crippen molar-refractivity contribution in [2.75, 3.05) is 5.73 Å². The van der Waals surface area contributed by atoms with Crippen molar-refractivity contribution in [2.24, 2.45) is 0 Å². The van der Waals surface area contributed by atoms with Crippen molar-refractivity contribution in [1.29, 1.82) is 0 Å². The molecule has 0 spiro atoms. The van der Waals surface area contributed by atoms with E-state index in [4.69, 9.17) is 5.73 Å². The molecule has 4 N–H and O–H groups in total. The van der Waals surface area contributed by atoms with E-state index >= 15 is 0 Å². The molecule has 0 bridgehead atoms. The molecular weight excluding hydrogens is 262 g/mol. The number of anilines is 1. The average molecular weight is 277 g/mol. The first-order chi connectivity index (χ1) is 9.15. The van der Waals surface area contributed by atoms with Crippen LogP contribution in [0.1, 0.15) is 46.2 Å². The molecule has 100 valence electrons. The zero-order valence-electron chi connectivity index (χ0n) is 10.6. The summed E-state index contributed by atoms with van der Waals surface area (Å²) in [5.41, 5.74) is 8.74. The maximum atomic E-state index is 12.2. The van der Waals surface area contributed by atoms with Crippen LogP contribution < -0.4 is 11.1 Å². The Morgan fingerprint density at radius 3 is 3.05 bits per heavy atom. The van der Waals surface area contributed by atoms with Crippen LogP contribution in [0, 0.1) is 6.92 Å². The molecule has 0 aromatic carbocycles. The van der Waals surface area contributed by atoms with Gasteiger partial charge in [0.05, 0.1) is 23.5 Å². The van der Waals surface area contributed by atoms with Gasteiger partial charge in [-0.15, -0.1) is 11.3 Å². The molecule has 3 rings (SSSR count). The predicted molar refractivity (Wildman–Crippen MR) is 73.0 cm³/mol. The fourth-order valence-corrected chi connectivity index (χ4v) is 2.61. The number of H-pyrrole nitrogens is 1. The Kier molecular flexibility index (Phi) is 2.98. The lowest BCUT2D eigenvalue weighted by Gasteiger charge is -2.04. The number of hydrogen-bond donors (Lipinski definition) is 3. The minimum atomic E-state index is -0.0975. The van der Waals surface area contributed by atoms with E-state index in [1.54, 1.807) is 0 Å². The van der Waals surface area contributed by atoms with Crippen LogP contribution in [0.25, 0.3) is 0 Å². The zero-order valence-corrected chi connectivity index (χ0v) is 11.4. The largest absolute Gasteiger partial charge is 0.375 e. The van der Waals surface area contributed by atoms with Crippen LogP contribution >= 0.6 is 11.3 Å². The van der Waals surface area contributed by atoms with Gasteiger partial charge in [-0.2, -0.15) is 5.10 Å². The minimum absolute atomic E-state index is 0.0975. The van der Waals surface area contributed by atoms with Gasteiger partial charge in [-0.1, -0.05) is 0 Å². The van der Waals surface area contributed by atoms with Gasteiger partial charge in [0, 0.05) is 17.0 Å². The monoisotopic (exact) mass is 277 g/mol. The van der Waals surface area contributed by atoms with Gasteiger partial charge in [0.1, 0.15) is 0 Å². The molecular formula is C12H15N5OS. The zero-order chi connectivity index (χ0) is 13.4. The third kappa shape index (κ3) is 2.46. The highest BCUT2D eigenvalue weighted by atomic mass is 32.1. The lowest BCUT2D eigenvalue weighted by molar-refractivity contribution is 0.0949. The molecule has 0 radical (unpaired) electrons. The highest BCUT2D eigenvalue weighted by Gasteiger charge is 2.31. The molecule has 0 unspecified atom stereocenters. The van der Waals surface area contributed by atoms with Crippen molar-refractivity contribution in [1.82, 2.24) is 20.5 Å². The highest BCUT2D eigenvalue weighted by Crippen LogP contribution is 2.41. The Balaban J connectivity index is 1.71. The van der Waals surface area contributed by atoms with Gasteiger partial charge in [0.2, 0.25) is 0 Å². The second-order valence-electron chi connectivity index (χ2n) is 4.74. The number of nitrogen functional groups attached to an aromatic ring is 1. The number of aromatic nitrogens is 3. The number of nitrogens with two attached hydrogens (primary N) is 1. The van der Waals surface area contributed by atoms with Gasteiger partial charge in [-0.3, -0.25) is 9.89 Å². The third-order valence-electron chi connectivity index (χ3n) is 3.17. The van der Waals surface area contributed by atoms with Gasteiger partial charge >= 0.3 is 0 Å². The maximum Gasteiger partial charge on any atom is 0.255 e. The summed E-state index contributed by atoms with van der Waals surface area (Å²) >= 11 is 1.37. The van der Waals surface area contributed by atoms with E-state index in [0.29, 0.717) is 23.2 Å². The summed E-state index contributed by atoms with van der Waals surface area (Å²) in [5, 5.41) is 12.4. The molecule has 2 aromatic heterocycles. The van der Waals surface area contributed by atoms with Gasteiger partial charge < -0.3 is 11.1 Å². The summed E-state index contributed by atoms with van der Waals surface area (Å²) in [5.74, 6) is 0.348. The number of aromatic amines is 1. The lowest BCUT2D eigenvalue weighted by atomic mass is 10.1. The molecule has 6 nitrogen and oxygen atoms in total. The molecule has 1 aliphatic rings. The van der Waals surface area contributed by atoms with Gasteiger partial charge in [-0.25, -0.2) is 4.98 Å². The summed E-state index contributed by atoms with van der Waals surface area (Å²) in [7, 11) is 0. The lowest BCUT2D eigenvalue weighted by Crippen LogP contribution is -2.24. The Hall–Kier alpha value is -1.89. The van der Waals surface area contributed by atoms with Crippen LogP contribution in [0.3, 0.4) is 0 Å². The number of nitrogens with one attached hydrogen (secondary N) is 2. The number of hydrogen-bond acceptors (Lipinski definition) is 5. The fourth-order valence-electron chi connectivity index (χ4n) is 2.05. The van der Waals surface area contributed by atoms with E-state index < -0.39 is 0 Å². The smallest absolute Gasteiger partial charge is 0.255 e. The predicted octanol–water partition coefficient (Wildman–Crippen LogP) is 1.56. The molecule has 19 heavy (non-hydrogen) atoms. The number of nitrogens with zero attached hydrogens (tertiary/aromatic N) is 2. The number of rotatable bonds is 4. The van der Waals surface area contributed by atoms with Crippen molar-refractivity contribution in [2.45, 2.75) is 32.2 Å². The van der Waals surface area contributed by atoms with Crippen molar-refractivity contribution >= 4 is 22.4 Å². The first kappa shape index (κ1) is 12.2. The fraction of sp³-hybridized carbons (Fsp3) is 0.417. The summed E-state index contributed by atoms with van der Waals surface area (Å²) in [6.07, 6.45) is 2.24. The van der Waals surface area contributed by atoms with Crippen LogP contribution in [0.15, 0.2) is 5.38 Å². The molecule has 1 amide bonds. The molecule has 0 atom stereocenters. The number of amides is 1. The summed E-state index contributed by atoms with van der Waals surface area (Å²) < 4.78 is 0. The molecule has 2 heterocycles. The number of thiazole rings is 1. The quantitative estimate of drug-likeness (QED) is 0.790. The Morgan fingerprint density at radius 1 is 1.63 bits per heavy atom. The van der Waals surface area contributed by atoms with Crippen LogP contribution in [0.4, 0.5) is 5.13 Å². The second kappa shape index (κ2) is 4.65. The number of carbonyl (C=O) groups excluding carboxylic acids is 1. The molecule has 0 aliphatic heterocycles. The van der Waals surface area contributed by atoms with E-state index in [2.05, 4.69) is 20.5 Å². The molecule has 1 fully saturated rings. The molecule has 1 saturated carbocycles. The van der Waals surface area contributed by atoms with Gasteiger partial charge in [0.15, 0.2) is 5.13 Å². The molecule has 0 saturated heterocycles. The first-order valence-electron chi connectivity index (χ1n) is 6.18. The van der Waals surface area contributed by atoms with E-state index in [0.717, 1.165) is 29.9 Å². The first-order valence-corrected chi connectivity index (χ1v) is 7.06. The minimum Gasteiger partial charge on any atom is -0.375 e. The van der Waals surface area contributed by atoms with Crippen LogP contribution in [0.2, 0.25) is 0 Å². The Bertz CT molecular complexity index is 613. The van der Waals surface area contributed by atoms with Crippen LogP contribution in [-0.4, -0.2) is 21.1 Å². The van der Waals surface area contributed by atoms with Gasteiger partial charge in [0.25, 0.3) is 5.91 Å². The SMILES string of the molecule is Cc1[nH]nc(C2CC2)c1C(=O)NCc1csc(N)n1. The van der Waals surface area contributed by atoms with E-state index in [1.807, 2.05) is 12.3 Å².